The van der Waals surface area contributed by atoms with Crippen LogP contribution in [0.1, 0.15) is 32.1 Å². The second-order valence-electron chi connectivity index (χ2n) is 4.82. The number of benzene rings is 1. The van der Waals surface area contributed by atoms with Crippen LogP contribution in [0, 0.1) is 0 Å². The molecule has 0 spiro atoms. The summed E-state index contributed by atoms with van der Waals surface area (Å²) in [4.78, 5) is 15.0. The van der Waals surface area contributed by atoms with Gasteiger partial charge in [-0.15, -0.1) is 11.3 Å². The standard InChI is InChI=1S/C15H13Br2NOS/c16-10-4-5-13(17)12(7-10)15(19)18-8-11-6-9-2-1-3-14(9)20-11/h4-7H,1-3,8H2,(H,18,19). The molecule has 0 radical (unpaired) electrons. The van der Waals surface area contributed by atoms with Crippen molar-refractivity contribution in [3.05, 3.63) is 54.1 Å². The summed E-state index contributed by atoms with van der Waals surface area (Å²) in [6, 6.07) is 7.85. The fraction of sp³-hybridized carbons (Fsp3) is 0.267. The smallest absolute Gasteiger partial charge is 0.252 e. The molecule has 1 aliphatic rings. The van der Waals surface area contributed by atoms with E-state index in [1.54, 1.807) is 0 Å². The van der Waals surface area contributed by atoms with E-state index in [9.17, 15) is 4.79 Å². The first-order valence-corrected chi connectivity index (χ1v) is 8.87. The van der Waals surface area contributed by atoms with Crippen molar-refractivity contribution in [2.24, 2.45) is 0 Å². The number of fused-ring (bicyclic) bond motifs is 1. The Labute approximate surface area is 138 Å². The number of hydrogen-bond donors (Lipinski definition) is 1. The Hall–Kier alpha value is -0.650. The van der Waals surface area contributed by atoms with Crippen LogP contribution in [-0.4, -0.2) is 5.91 Å². The zero-order valence-corrected chi connectivity index (χ0v) is 14.7. The van der Waals surface area contributed by atoms with E-state index in [2.05, 4.69) is 43.2 Å². The predicted octanol–water partition coefficient (Wildman–Crippen LogP) is 4.69. The van der Waals surface area contributed by atoms with Crippen LogP contribution in [0.3, 0.4) is 0 Å². The minimum Gasteiger partial charge on any atom is -0.347 e. The molecule has 0 unspecified atom stereocenters. The fourth-order valence-electron chi connectivity index (χ4n) is 2.41. The third kappa shape index (κ3) is 3.00. The average Bonchev–Trinajstić information content (AvgIpc) is 2.99. The first-order chi connectivity index (χ1) is 9.63. The van der Waals surface area contributed by atoms with Crippen LogP contribution in [0.2, 0.25) is 0 Å². The Morgan fingerprint density at radius 3 is 2.90 bits per heavy atom. The van der Waals surface area contributed by atoms with Gasteiger partial charge in [0.2, 0.25) is 0 Å². The Bertz CT molecular complexity index is 644. The molecule has 2 nitrogen and oxygen atoms in total. The summed E-state index contributed by atoms with van der Waals surface area (Å²) in [5.41, 5.74) is 2.13. The van der Waals surface area contributed by atoms with Crippen LogP contribution in [0.25, 0.3) is 0 Å². The molecule has 0 fully saturated rings. The van der Waals surface area contributed by atoms with Crippen molar-refractivity contribution in [1.82, 2.24) is 5.32 Å². The number of rotatable bonds is 3. The van der Waals surface area contributed by atoms with Gasteiger partial charge in [0.15, 0.2) is 0 Å². The average molecular weight is 415 g/mol. The highest BCUT2D eigenvalue weighted by atomic mass is 79.9. The van der Waals surface area contributed by atoms with E-state index >= 15 is 0 Å². The molecule has 5 heteroatoms. The first-order valence-electron chi connectivity index (χ1n) is 6.47. The quantitative estimate of drug-likeness (QED) is 0.775. The number of carbonyl (C=O) groups excluding carboxylic acids is 1. The molecule has 20 heavy (non-hydrogen) atoms. The van der Waals surface area contributed by atoms with E-state index in [1.165, 1.54) is 34.6 Å². The first kappa shape index (κ1) is 14.3. The van der Waals surface area contributed by atoms with E-state index in [-0.39, 0.29) is 5.91 Å². The summed E-state index contributed by atoms with van der Waals surface area (Å²) >= 11 is 8.64. The van der Waals surface area contributed by atoms with E-state index in [0.29, 0.717) is 12.1 Å². The Balaban J connectivity index is 1.68. The molecule has 1 amide bonds. The lowest BCUT2D eigenvalue weighted by Gasteiger charge is -2.06. The van der Waals surface area contributed by atoms with Crippen LogP contribution < -0.4 is 5.32 Å². The molecule has 0 saturated carbocycles. The van der Waals surface area contributed by atoms with Crippen LogP contribution in [0.5, 0.6) is 0 Å². The highest BCUT2D eigenvalue weighted by Crippen LogP contribution is 2.30. The van der Waals surface area contributed by atoms with Gasteiger partial charge >= 0.3 is 0 Å². The van der Waals surface area contributed by atoms with Gasteiger partial charge in [0, 0.05) is 18.7 Å². The van der Waals surface area contributed by atoms with Crippen LogP contribution >= 0.6 is 43.2 Å². The summed E-state index contributed by atoms with van der Waals surface area (Å²) < 4.78 is 1.72. The predicted molar refractivity (Wildman–Crippen MR) is 89.4 cm³/mol. The fourth-order valence-corrected chi connectivity index (χ4v) is 4.40. The van der Waals surface area contributed by atoms with Gasteiger partial charge in [-0.05, 0) is 65.0 Å². The molecular weight excluding hydrogens is 402 g/mol. The maximum absolute atomic E-state index is 12.2. The van der Waals surface area contributed by atoms with Gasteiger partial charge in [-0.3, -0.25) is 4.79 Å². The van der Waals surface area contributed by atoms with Crippen molar-refractivity contribution in [2.75, 3.05) is 0 Å². The molecule has 0 aliphatic heterocycles. The summed E-state index contributed by atoms with van der Waals surface area (Å²) in [6.45, 7) is 0.607. The molecule has 1 aromatic carbocycles. The second-order valence-corrected chi connectivity index (χ2v) is 7.81. The maximum Gasteiger partial charge on any atom is 0.252 e. The van der Waals surface area contributed by atoms with Crippen LogP contribution in [0.15, 0.2) is 33.2 Å². The topological polar surface area (TPSA) is 29.1 Å². The lowest BCUT2D eigenvalue weighted by molar-refractivity contribution is 0.0950. The SMILES string of the molecule is O=C(NCc1cc2c(s1)CCC2)c1cc(Br)ccc1Br. The summed E-state index contributed by atoms with van der Waals surface area (Å²) in [6.07, 6.45) is 3.67. The van der Waals surface area contributed by atoms with Gasteiger partial charge in [-0.25, -0.2) is 0 Å². The lowest BCUT2D eigenvalue weighted by Crippen LogP contribution is -2.22. The molecule has 104 valence electrons. The number of aryl methyl sites for hydroxylation is 2. The van der Waals surface area contributed by atoms with Crippen molar-refractivity contribution < 1.29 is 4.79 Å². The van der Waals surface area contributed by atoms with Crippen LogP contribution in [0.4, 0.5) is 0 Å². The van der Waals surface area contributed by atoms with Crippen molar-refractivity contribution in [3.8, 4) is 0 Å². The molecule has 0 bridgehead atoms. The Morgan fingerprint density at radius 2 is 2.10 bits per heavy atom. The molecule has 0 saturated heterocycles. The molecule has 1 N–H and O–H groups in total. The summed E-state index contributed by atoms with van der Waals surface area (Å²) in [5.74, 6) is -0.0493. The van der Waals surface area contributed by atoms with Crippen LogP contribution in [-0.2, 0) is 19.4 Å². The third-order valence-electron chi connectivity index (χ3n) is 3.39. The summed E-state index contributed by atoms with van der Waals surface area (Å²) in [7, 11) is 0. The zero-order chi connectivity index (χ0) is 14.1. The number of nitrogens with one attached hydrogen (secondary N) is 1. The third-order valence-corrected chi connectivity index (χ3v) is 5.82. The largest absolute Gasteiger partial charge is 0.347 e. The van der Waals surface area contributed by atoms with Crippen molar-refractivity contribution in [1.29, 1.82) is 0 Å². The van der Waals surface area contributed by atoms with E-state index in [0.717, 1.165) is 8.95 Å². The molecule has 3 rings (SSSR count). The second kappa shape index (κ2) is 6.00. The van der Waals surface area contributed by atoms with Gasteiger partial charge in [0.05, 0.1) is 12.1 Å². The Morgan fingerprint density at radius 1 is 1.25 bits per heavy atom. The number of halogens is 2. The molecule has 2 aromatic rings. The van der Waals surface area contributed by atoms with Gasteiger partial charge in [-0.1, -0.05) is 15.9 Å². The molecular formula is C15H13Br2NOS. The van der Waals surface area contributed by atoms with Gasteiger partial charge in [0.1, 0.15) is 0 Å². The molecule has 1 aliphatic carbocycles. The van der Waals surface area contributed by atoms with Crippen molar-refractivity contribution >= 4 is 49.1 Å². The molecule has 0 atom stereocenters. The van der Waals surface area contributed by atoms with Gasteiger partial charge in [-0.2, -0.15) is 0 Å². The minimum absolute atomic E-state index is 0.0493. The maximum atomic E-state index is 12.2. The normalized spacial score (nSPS) is 13.3. The van der Waals surface area contributed by atoms with E-state index < -0.39 is 0 Å². The molecule has 1 aromatic heterocycles. The highest BCUT2D eigenvalue weighted by Gasteiger charge is 2.16. The minimum atomic E-state index is -0.0493. The zero-order valence-electron chi connectivity index (χ0n) is 10.7. The highest BCUT2D eigenvalue weighted by molar-refractivity contribution is 9.11. The van der Waals surface area contributed by atoms with Gasteiger partial charge < -0.3 is 5.32 Å². The number of thiophene rings is 1. The number of carbonyl (C=O) groups is 1. The lowest BCUT2D eigenvalue weighted by atomic mass is 10.2. The monoisotopic (exact) mass is 413 g/mol. The molecule has 1 heterocycles. The Kier molecular flexibility index (Phi) is 4.29. The van der Waals surface area contributed by atoms with E-state index in [1.807, 2.05) is 29.5 Å². The number of amides is 1. The number of hydrogen-bond acceptors (Lipinski definition) is 2. The van der Waals surface area contributed by atoms with Crippen molar-refractivity contribution in [2.45, 2.75) is 25.8 Å². The van der Waals surface area contributed by atoms with Crippen molar-refractivity contribution in [3.63, 3.8) is 0 Å². The summed E-state index contributed by atoms with van der Waals surface area (Å²) in [5, 5.41) is 2.99. The van der Waals surface area contributed by atoms with E-state index in [4.69, 9.17) is 0 Å². The van der Waals surface area contributed by atoms with Gasteiger partial charge in [0.25, 0.3) is 5.91 Å².